The molecule has 1 N–H and O–H groups in total. The van der Waals surface area contributed by atoms with Gasteiger partial charge < -0.3 is 14.8 Å². The largest absolute Gasteiger partial charge is 0.354 e. The Kier molecular flexibility index (Phi) is 5.25. The van der Waals surface area contributed by atoms with Crippen LogP contribution < -0.4 is 16.6 Å². The summed E-state index contributed by atoms with van der Waals surface area (Å²) in [5, 5.41) is 3.29. The molecule has 0 aliphatic carbocycles. The molecule has 2 aromatic heterocycles. The van der Waals surface area contributed by atoms with Gasteiger partial charge in [0.25, 0.3) is 5.56 Å². The van der Waals surface area contributed by atoms with Crippen molar-refractivity contribution in [2.45, 2.75) is 27.3 Å². The van der Waals surface area contributed by atoms with Gasteiger partial charge in [-0.2, -0.15) is 4.98 Å². The zero-order valence-electron chi connectivity index (χ0n) is 14.6. The highest BCUT2D eigenvalue weighted by Crippen LogP contribution is 2.14. The van der Waals surface area contributed by atoms with Crippen LogP contribution in [0.5, 0.6) is 0 Å². The van der Waals surface area contributed by atoms with Crippen molar-refractivity contribution in [1.82, 2.24) is 23.6 Å². The van der Waals surface area contributed by atoms with Crippen LogP contribution in [0.3, 0.4) is 0 Å². The summed E-state index contributed by atoms with van der Waals surface area (Å²) in [6.45, 7) is 10.5. The molecule has 0 atom stereocenters. The Morgan fingerprint density at radius 1 is 1.09 bits per heavy atom. The number of anilines is 1. The fraction of sp³-hybridized carbons (Fsp3) is 0.667. The average molecular weight is 322 g/mol. The van der Waals surface area contributed by atoms with E-state index in [-0.39, 0.29) is 11.2 Å². The number of hydrogen-bond donors (Lipinski definition) is 1. The van der Waals surface area contributed by atoms with E-state index in [1.807, 2.05) is 11.5 Å². The summed E-state index contributed by atoms with van der Waals surface area (Å²) in [5.41, 5.74) is 0.208. The second-order valence-electron chi connectivity index (χ2n) is 5.51. The Bertz CT molecular complexity index is 797. The van der Waals surface area contributed by atoms with Crippen LogP contribution in [0.4, 0.5) is 5.95 Å². The van der Waals surface area contributed by atoms with Gasteiger partial charge in [0.15, 0.2) is 11.2 Å². The summed E-state index contributed by atoms with van der Waals surface area (Å²) in [5.74, 6) is 0.632. The molecule has 0 saturated heterocycles. The molecule has 0 aromatic carbocycles. The van der Waals surface area contributed by atoms with Crippen LogP contribution in [0, 0.1) is 0 Å². The first-order valence-corrected chi connectivity index (χ1v) is 8.08. The minimum atomic E-state index is -0.363. The zero-order chi connectivity index (χ0) is 17.1. The summed E-state index contributed by atoms with van der Waals surface area (Å²) in [7, 11) is 3.13. The van der Waals surface area contributed by atoms with Crippen molar-refractivity contribution in [2.24, 2.45) is 14.1 Å². The fourth-order valence-electron chi connectivity index (χ4n) is 2.75. The Morgan fingerprint density at radius 2 is 1.74 bits per heavy atom. The summed E-state index contributed by atoms with van der Waals surface area (Å²) in [6, 6.07) is 0. The van der Waals surface area contributed by atoms with Gasteiger partial charge in [0.05, 0.1) is 0 Å². The summed E-state index contributed by atoms with van der Waals surface area (Å²) in [6.07, 6.45) is 0. The van der Waals surface area contributed by atoms with Crippen molar-refractivity contribution in [3.63, 3.8) is 0 Å². The average Bonchev–Trinajstić information content (AvgIpc) is 2.93. The fourth-order valence-corrected chi connectivity index (χ4v) is 2.75. The first kappa shape index (κ1) is 17.3. The molecule has 0 radical (unpaired) electrons. The molecule has 0 unspecified atom stereocenters. The third-order valence-electron chi connectivity index (χ3n) is 4.27. The van der Waals surface area contributed by atoms with Crippen molar-refractivity contribution in [2.75, 3.05) is 31.5 Å². The Morgan fingerprint density at radius 3 is 2.30 bits per heavy atom. The maximum atomic E-state index is 12.4. The van der Waals surface area contributed by atoms with E-state index in [0.717, 1.165) is 30.7 Å². The molecular formula is C15H26N6O2. The van der Waals surface area contributed by atoms with Crippen molar-refractivity contribution >= 4 is 17.1 Å². The lowest BCUT2D eigenvalue weighted by Gasteiger charge is -2.18. The molecule has 2 aromatic rings. The van der Waals surface area contributed by atoms with Crippen LogP contribution in [0.15, 0.2) is 9.59 Å². The Balaban J connectivity index is 2.42. The lowest BCUT2D eigenvalue weighted by atomic mass is 10.4. The minimum absolute atomic E-state index is 0.311. The number of imidazole rings is 1. The van der Waals surface area contributed by atoms with Crippen molar-refractivity contribution in [1.29, 1.82) is 0 Å². The van der Waals surface area contributed by atoms with Gasteiger partial charge >= 0.3 is 5.69 Å². The molecule has 0 amide bonds. The highest BCUT2D eigenvalue weighted by molar-refractivity contribution is 5.74. The SMILES string of the molecule is CCN(CC)CCNc1nc2c(c(=O)n(C)c(=O)n2C)n1CC. The van der Waals surface area contributed by atoms with E-state index in [9.17, 15) is 9.59 Å². The summed E-state index contributed by atoms with van der Waals surface area (Å²) < 4.78 is 4.37. The molecule has 0 aliphatic heterocycles. The molecule has 8 nitrogen and oxygen atoms in total. The third-order valence-corrected chi connectivity index (χ3v) is 4.27. The predicted octanol–water partition coefficient (Wildman–Crippen LogP) is 0.207. The van der Waals surface area contributed by atoms with Gasteiger partial charge in [0.1, 0.15) is 0 Å². The number of fused-ring (bicyclic) bond motifs is 1. The van der Waals surface area contributed by atoms with Crippen LogP contribution in [-0.4, -0.2) is 49.8 Å². The molecule has 128 valence electrons. The molecule has 0 aliphatic rings. The molecule has 0 spiro atoms. The third kappa shape index (κ3) is 3.03. The predicted molar refractivity (Wildman–Crippen MR) is 92.2 cm³/mol. The second kappa shape index (κ2) is 6.99. The van der Waals surface area contributed by atoms with Gasteiger partial charge in [-0.05, 0) is 20.0 Å². The number of aryl methyl sites for hydroxylation is 2. The summed E-state index contributed by atoms with van der Waals surface area (Å²) >= 11 is 0. The van der Waals surface area contributed by atoms with Gasteiger partial charge in [0, 0.05) is 33.7 Å². The molecule has 0 bridgehead atoms. The van der Waals surface area contributed by atoms with Crippen LogP contribution >= 0.6 is 0 Å². The maximum absolute atomic E-state index is 12.4. The van der Waals surface area contributed by atoms with E-state index in [2.05, 4.69) is 29.0 Å². The Labute approximate surface area is 135 Å². The quantitative estimate of drug-likeness (QED) is 0.788. The molecule has 8 heteroatoms. The van der Waals surface area contributed by atoms with Crippen LogP contribution in [0.25, 0.3) is 11.2 Å². The maximum Gasteiger partial charge on any atom is 0.332 e. The van der Waals surface area contributed by atoms with Gasteiger partial charge in [-0.15, -0.1) is 0 Å². The van der Waals surface area contributed by atoms with Crippen LogP contribution in [0.2, 0.25) is 0 Å². The highest BCUT2D eigenvalue weighted by atomic mass is 16.2. The molecule has 2 heterocycles. The van der Waals surface area contributed by atoms with Crippen molar-refractivity contribution < 1.29 is 0 Å². The van der Waals surface area contributed by atoms with E-state index in [0.29, 0.717) is 23.7 Å². The van der Waals surface area contributed by atoms with Gasteiger partial charge in [-0.3, -0.25) is 13.9 Å². The normalized spacial score (nSPS) is 11.6. The van der Waals surface area contributed by atoms with Gasteiger partial charge in [-0.1, -0.05) is 13.8 Å². The first-order valence-electron chi connectivity index (χ1n) is 8.08. The highest BCUT2D eigenvalue weighted by Gasteiger charge is 2.17. The molecule has 2 rings (SSSR count). The van der Waals surface area contributed by atoms with Gasteiger partial charge in [0.2, 0.25) is 5.95 Å². The van der Waals surface area contributed by atoms with Gasteiger partial charge in [-0.25, -0.2) is 4.79 Å². The number of rotatable bonds is 7. The minimum Gasteiger partial charge on any atom is -0.354 e. The lowest BCUT2D eigenvalue weighted by molar-refractivity contribution is 0.315. The number of nitrogens with zero attached hydrogens (tertiary/aromatic N) is 5. The molecule has 0 fully saturated rings. The number of aromatic nitrogens is 4. The smallest absolute Gasteiger partial charge is 0.332 e. The summed E-state index contributed by atoms with van der Waals surface area (Å²) in [4.78, 5) is 31.2. The zero-order valence-corrected chi connectivity index (χ0v) is 14.6. The van der Waals surface area contributed by atoms with Crippen LogP contribution in [0.1, 0.15) is 20.8 Å². The topological polar surface area (TPSA) is 77.1 Å². The molecule has 23 heavy (non-hydrogen) atoms. The standard InChI is InChI=1S/C15H26N6O2/c1-6-20(7-2)10-9-16-14-17-12-11(21(14)8-3)13(22)19(5)15(23)18(12)4/h6-10H2,1-5H3,(H,16,17). The first-order chi connectivity index (χ1) is 11.0. The lowest BCUT2D eigenvalue weighted by Crippen LogP contribution is -2.37. The van der Waals surface area contributed by atoms with E-state index < -0.39 is 0 Å². The van der Waals surface area contributed by atoms with E-state index in [1.54, 1.807) is 7.05 Å². The molecule has 0 saturated carbocycles. The Hall–Kier alpha value is -2.09. The van der Waals surface area contributed by atoms with E-state index >= 15 is 0 Å². The molecular weight excluding hydrogens is 296 g/mol. The monoisotopic (exact) mass is 322 g/mol. The van der Waals surface area contributed by atoms with Crippen molar-refractivity contribution in [3.05, 3.63) is 20.8 Å². The van der Waals surface area contributed by atoms with E-state index in [1.165, 1.54) is 11.6 Å². The second-order valence-corrected chi connectivity index (χ2v) is 5.51. The van der Waals surface area contributed by atoms with Crippen molar-refractivity contribution in [3.8, 4) is 0 Å². The number of likely N-dealkylation sites (N-methyl/N-ethyl adjacent to an activating group) is 1. The number of hydrogen-bond acceptors (Lipinski definition) is 5. The van der Waals surface area contributed by atoms with Crippen LogP contribution in [-0.2, 0) is 20.6 Å². The van der Waals surface area contributed by atoms with E-state index in [4.69, 9.17) is 0 Å². The number of nitrogens with one attached hydrogen (secondary N) is 1.